The summed E-state index contributed by atoms with van der Waals surface area (Å²) in [5.74, 6) is 0.278. The molecule has 1 N–H and O–H groups in total. The first-order chi connectivity index (χ1) is 13.0. The molecule has 0 aliphatic carbocycles. The molecule has 136 valence electrons. The molecule has 0 saturated carbocycles. The molecule has 6 nitrogen and oxygen atoms in total. The van der Waals surface area contributed by atoms with Crippen LogP contribution in [0.25, 0.3) is 17.2 Å². The van der Waals surface area contributed by atoms with Gasteiger partial charge in [-0.3, -0.25) is 9.38 Å². The van der Waals surface area contributed by atoms with Crippen LogP contribution in [0.1, 0.15) is 24.2 Å². The zero-order valence-corrected chi connectivity index (χ0v) is 14.7. The van der Waals surface area contributed by atoms with E-state index in [-0.39, 0.29) is 17.7 Å². The number of pyridine rings is 2. The summed E-state index contributed by atoms with van der Waals surface area (Å²) in [4.78, 5) is 17.3. The molecule has 0 fully saturated rings. The van der Waals surface area contributed by atoms with Crippen molar-refractivity contribution in [3.63, 3.8) is 0 Å². The van der Waals surface area contributed by atoms with Gasteiger partial charge in [-0.25, -0.2) is 23.7 Å². The minimum absolute atomic E-state index is 0.188. The highest BCUT2D eigenvalue weighted by atomic mass is 19.1. The van der Waals surface area contributed by atoms with Crippen LogP contribution in [0.4, 0.5) is 14.6 Å². The van der Waals surface area contributed by atoms with E-state index < -0.39 is 0 Å². The minimum Gasteiger partial charge on any atom is -0.362 e. The fourth-order valence-corrected chi connectivity index (χ4v) is 2.75. The Balaban J connectivity index is 1.68. The molecule has 4 rings (SSSR count). The second-order valence-electron chi connectivity index (χ2n) is 6.21. The Hall–Kier alpha value is -3.42. The van der Waals surface area contributed by atoms with Crippen LogP contribution in [-0.4, -0.2) is 24.3 Å². The second kappa shape index (κ2) is 6.71. The Morgan fingerprint density at radius 3 is 2.56 bits per heavy atom. The molecule has 0 bridgehead atoms. The molecule has 4 heterocycles. The third kappa shape index (κ3) is 3.33. The van der Waals surface area contributed by atoms with Gasteiger partial charge in [0.1, 0.15) is 28.8 Å². The first kappa shape index (κ1) is 17.0. The molecular weight excluding hydrogens is 350 g/mol. The Morgan fingerprint density at radius 1 is 0.963 bits per heavy atom. The normalized spacial score (nSPS) is 12.3. The molecule has 0 saturated heterocycles. The molecule has 0 radical (unpaired) electrons. The predicted molar refractivity (Wildman–Crippen MR) is 97.1 cm³/mol. The van der Waals surface area contributed by atoms with Gasteiger partial charge in [0.25, 0.3) is 0 Å². The summed E-state index contributed by atoms with van der Waals surface area (Å²) >= 11 is 0. The first-order valence-corrected chi connectivity index (χ1v) is 8.36. The molecule has 0 aromatic carbocycles. The average molecular weight is 366 g/mol. The van der Waals surface area contributed by atoms with Crippen molar-refractivity contribution in [1.29, 1.82) is 0 Å². The molecule has 0 aliphatic heterocycles. The summed E-state index contributed by atoms with van der Waals surface area (Å²) in [5.41, 5.74) is 2.72. The fraction of sp³-hybridized carbons (Fsp3) is 0.158. The Kier molecular flexibility index (Phi) is 4.23. The number of nitrogens with one attached hydrogen (secondary N) is 1. The molecule has 27 heavy (non-hydrogen) atoms. The van der Waals surface area contributed by atoms with Crippen molar-refractivity contribution in [2.75, 3.05) is 5.32 Å². The van der Waals surface area contributed by atoms with Crippen molar-refractivity contribution in [1.82, 2.24) is 24.3 Å². The van der Waals surface area contributed by atoms with E-state index in [1.165, 1.54) is 24.5 Å². The summed E-state index contributed by atoms with van der Waals surface area (Å²) in [5, 5.41) is 3.27. The van der Waals surface area contributed by atoms with E-state index >= 15 is 0 Å². The van der Waals surface area contributed by atoms with Crippen molar-refractivity contribution in [3.8, 4) is 11.5 Å². The number of fused-ring (bicyclic) bond motifs is 1. The number of hydrogen-bond donors (Lipinski definition) is 1. The van der Waals surface area contributed by atoms with E-state index in [9.17, 15) is 8.78 Å². The lowest BCUT2D eigenvalue weighted by atomic mass is 10.2. The maximum Gasteiger partial charge on any atom is 0.180 e. The summed E-state index contributed by atoms with van der Waals surface area (Å²) in [6, 6.07) is 5.75. The first-order valence-electron chi connectivity index (χ1n) is 8.36. The lowest BCUT2D eigenvalue weighted by Crippen LogP contribution is -2.11. The zero-order valence-electron chi connectivity index (χ0n) is 14.7. The van der Waals surface area contributed by atoms with Crippen LogP contribution in [0.15, 0.2) is 49.1 Å². The quantitative estimate of drug-likeness (QED) is 0.592. The lowest BCUT2D eigenvalue weighted by molar-refractivity contribution is 0.617. The van der Waals surface area contributed by atoms with Crippen molar-refractivity contribution in [2.24, 2.45) is 0 Å². The number of halogens is 2. The molecular formula is C19H16F2N6. The summed E-state index contributed by atoms with van der Waals surface area (Å²) in [6.07, 6.45) is 5.82. The van der Waals surface area contributed by atoms with Crippen LogP contribution < -0.4 is 5.32 Å². The Bertz CT molecular complexity index is 1110. The number of rotatable bonds is 4. The van der Waals surface area contributed by atoms with E-state index in [1.807, 2.05) is 13.8 Å². The maximum absolute atomic E-state index is 13.6. The zero-order chi connectivity index (χ0) is 19.0. The summed E-state index contributed by atoms with van der Waals surface area (Å²) in [7, 11) is 0. The standard InChI is InChI=1S/C19H16F2N6/c1-11-7-24-19(16-9-23-17-6-4-14(21)10-27(16)17)26-18(11)25-12(2)15-5-3-13(20)8-22-15/h3-10,12H,1-2H3,(H,24,25,26). The van der Waals surface area contributed by atoms with Gasteiger partial charge in [-0.2, -0.15) is 0 Å². The minimum atomic E-state index is -0.383. The van der Waals surface area contributed by atoms with Gasteiger partial charge in [0.2, 0.25) is 0 Å². The molecule has 8 heteroatoms. The van der Waals surface area contributed by atoms with Gasteiger partial charge in [-0.15, -0.1) is 0 Å². The number of anilines is 1. The predicted octanol–water partition coefficient (Wildman–Crippen LogP) is 3.95. The highest BCUT2D eigenvalue weighted by molar-refractivity contribution is 5.59. The Morgan fingerprint density at radius 2 is 1.78 bits per heavy atom. The summed E-state index contributed by atoms with van der Waals surface area (Å²) in [6.45, 7) is 3.79. The van der Waals surface area contributed by atoms with Crippen LogP contribution in [-0.2, 0) is 0 Å². The van der Waals surface area contributed by atoms with Gasteiger partial charge in [0.05, 0.1) is 24.1 Å². The summed E-state index contributed by atoms with van der Waals surface area (Å²) < 4.78 is 28.3. The number of nitrogens with zero attached hydrogens (tertiary/aromatic N) is 5. The maximum atomic E-state index is 13.6. The molecule has 1 unspecified atom stereocenters. The van der Waals surface area contributed by atoms with Crippen LogP contribution in [0.5, 0.6) is 0 Å². The monoisotopic (exact) mass is 366 g/mol. The third-order valence-corrected chi connectivity index (χ3v) is 4.22. The van der Waals surface area contributed by atoms with E-state index in [1.54, 1.807) is 28.9 Å². The molecule has 1 atom stereocenters. The number of hydrogen-bond acceptors (Lipinski definition) is 5. The topological polar surface area (TPSA) is 68.0 Å². The van der Waals surface area contributed by atoms with Crippen molar-refractivity contribution in [3.05, 3.63) is 71.9 Å². The van der Waals surface area contributed by atoms with E-state index in [4.69, 9.17) is 0 Å². The number of aromatic nitrogens is 5. The van der Waals surface area contributed by atoms with E-state index in [0.717, 1.165) is 5.56 Å². The Labute approximate surface area is 154 Å². The SMILES string of the molecule is Cc1cnc(-c2cnc3ccc(F)cn23)nc1NC(C)c1ccc(F)cn1. The molecule has 0 spiro atoms. The third-order valence-electron chi connectivity index (χ3n) is 4.22. The van der Waals surface area contributed by atoms with Crippen LogP contribution in [0.2, 0.25) is 0 Å². The highest BCUT2D eigenvalue weighted by Crippen LogP contribution is 2.23. The van der Waals surface area contributed by atoms with Gasteiger partial charge in [-0.1, -0.05) is 0 Å². The molecule has 4 aromatic heterocycles. The van der Waals surface area contributed by atoms with E-state index in [2.05, 4.69) is 25.3 Å². The van der Waals surface area contributed by atoms with E-state index in [0.29, 0.717) is 28.7 Å². The van der Waals surface area contributed by atoms with Crippen molar-refractivity contribution in [2.45, 2.75) is 19.9 Å². The number of imidazole rings is 1. The molecule has 4 aromatic rings. The number of aryl methyl sites for hydroxylation is 1. The molecule has 0 aliphatic rings. The van der Waals surface area contributed by atoms with Gasteiger partial charge >= 0.3 is 0 Å². The van der Waals surface area contributed by atoms with Gasteiger partial charge in [-0.05, 0) is 38.1 Å². The van der Waals surface area contributed by atoms with Crippen LogP contribution in [0, 0.1) is 18.6 Å². The van der Waals surface area contributed by atoms with Gasteiger partial charge in [0, 0.05) is 18.0 Å². The van der Waals surface area contributed by atoms with Crippen molar-refractivity contribution >= 4 is 11.5 Å². The van der Waals surface area contributed by atoms with Crippen LogP contribution in [0.3, 0.4) is 0 Å². The average Bonchev–Trinajstić information content (AvgIpc) is 3.07. The fourth-order valence-electron chi connectivity index (χ4n) is 2.75. The smallest absolute Gasteiger partial charge is 0.180 e. The largest absolute Gasteiger partial charge is 0.362 e. The molecule has 0 amide bonds. The second-order valence-corrected chi connectivity index (χ2v) is 6.21. The van der Waals surface area contributed by atoms with Crippen LogP contribution >= 0.6 is 0 Å². The van der Waals surface area contributed by atoms with Gasteiger partial charge in [0.15, 0.2) is 5.82 Å². The highest BCUT2D eigenvalue weighted by Gasteiger charge is 2.14. The van der Waals surface area contributed by atoms with Crippen molar-refractivity contribution < 1.29 is 8.78 Å². The lowest BCUT2D eigenvalue weighted by Gasteiger charge is -2.16. The van der Waals surface area contributed by atoms with Gasteiger partial charge < -0.3 is 5.32 Å².